The monoisotopic (exact) mass is 240 g/mol. The number of rotatable bonds is 8. The van der Waals surface area contributed by atoms with Crippen molar-refractivity contribution in [3.05, 3.63) is 5.82 Å². The lowest BCUT2D eigenvalue weighted by molar-refractivity contribution is -0.138. The van der Waals surface area contributed by atoms with Gasteiger partial charge < -0.3 is 5.11 Å². The van der Waals surface area contributed by atoms with E-state index in [0.717, 1.165) is 31.5 Å². The number of unbranched alkanes of at least 4 members (excludes halogenated alkanes) is 2. The molecule has 0 saturated carbocycles. The largest absolute Gasteiger partial charge is 0.481 e. The normalized spacial score (nSPS) is 12.6. The molecule has 0 aromatic carbocycles. The van der Waals surface area contributed by atoms with Crippen LogP contribution in [-0.2, 0) is 17.8 Å². The molecule has 1 atom stereocenters. The van der Waals surface area contributed by atoms with Crippen molar-refractivity contribution in [2.45, 2.75) is 52.5 Å². The third-order valence-corrected chi connectivity index (χ3v) is 2.62. The van der Waals surface area contributed by atoms with E-state index in [9.17, 15) is 4.79 Å². The van der Waals surface area contributed by atoms with Gasteiger partial charge in [0.2, 0.25) is 0 Å². The van der Waals surface area contributed by atoms with Gasteiger partial charge in [0.05, 0.1) is 0 Å². The number of carboxylic acids is 1. The van der Waals surface area contributed by atoms with Crippen LogP contribution in [0.3, 0.4) is 0 Å². The minimum absolute atomic E-state index is 0.0425. The minimum Gasteiger partial charge on any atom is -0.481 e. The van der Waals surface area contributed by atoms with Crippen LogP contribution in [0.1, 0.15) is 45.4 Å². The van der Waals surface area contributed by atoms with Crippen molar-refractivity contribution < 1.29 is 9.90 Å². The molecule has 6 nitrogen and oxygen atoms in total. The number of aryl methyl sites for hydroxylation is 1. The topological polar surface area (TPSA) is 80.9 Å². The standard InChI is InChI=1S/C11H20N4O2/c1-3-4-5-6-10-12-13-14-15(10)8-9(2)7-11(16)17/h9H,3-8H2,1-2H3,(H,16,17). The van der Waals surface area contributed by atoms with Crippen molar-refractivity contribution in [3.63, 3.8) is 0 Å². The Morgan fingerprint density at radius 3 is 2.88 bits per heavy atom. The van der Waals surface area contributed by atoms with E-state index in [1.165, 1.54) is 0 Å². The Hall–Kier alpha value is -1.46. The van der Waals surface area contributed by atoms with Crippen molar-refractivity contribution in [2.75, 3.05) is 0 Å². The van der Waals surface area contributed by atoms with Crippen molar-refractivity contribution >= 4 is 5.97 Å². The molecule has 1 heterocycles. The van der Waals surface area contributed by atoms with Gasteiger partial charge in [-0.2, -0.15) is 0 Å². The highest BCUT2D eigenvalue weighted by molar-refractivity contribution is 5.66. The van der Waals surface area contributed by atoms with Crippen LogP contribution in [0, 0.1) is 5.92 Å². The fourth-order valence-electron chi connectivity index (χ4n) is 1.74. The van der Waals surface area contributed by atoms with Crippen LogP contribution in [0.25, 0.3) is 0 Å². The van der Waals surface area contributed by atoms with Crippen LogP contribution in [0.4, 0.5) is 0 Å². The molecule has 0 aliphatic carbocycles. The summed E-state index contributed by atoms with van der Waals surface area (Å²) in [5, 5.41) is 20.2. The van der Waals surface area contributed by atoms with Gasteiger partial charge in [-0.1, -0.05) is 26.7 Å². The molecule has 1 rings (SSSR count). The van der Waals surface area contributed by atoms with E-state index in [2.05, 4.69) is 22.4 Å². The first-order chi connectivity index (χ1) is 8.13. The molecule has 0 aliphatic rings. The lowest BCUT2D eigenvalue weighted by Gasteiger charge is -2.09. The molecule has 1 unspecified atom stereocenters. The maximum atomic E-state index is 10.6. The zero-order valence-corrected chi connectivity index (χ0v) is 10.5. The molecule has 0 saturated heterocycles. The first-order valence-corrected chi connectivity index (χ1v) is 6.10. The Balaban J connectivity index is 2.47. The number of hydrogen-bond acceptors (Lipinski definition) is 4. The van der Waals surface area contributed by atoms with Crippen molar-refractivity contribution in [3.8, 4) is 0 Å². The summed E-state index contributed by atoms with van der Waals surface area (Å²) in [6.07, 6.45) is 4.41. The van der Waals surface area contributed by atoms with Crippen molar-refractivity contribution in [1.82, 2.24) is 20.2 Å². The molecule has 0 fully saturated rings. The van der Waals surface area contributed by atoms with Gasteiger partial charge in [0.1, 0.15) is 0 Å². The summed E-state index contributed by atoms with van der Waals surface area (Å²) in [5.74, 6) is 0.120. The van der Waals surface area contributed by atoms with Gasteiger partial charge in [0.15, 0.2) is 5.82 Å². The van der Waals surface area contributed by atoms with E-state index in [-0.39, 0.29) is 12.3 Å². The Kier molecular flexibility index (Phi) is 5.59. The van der Waals surface area contributed by atoms with Gasteiger partial charge in [0, 0.05) is 19.4 Å². The Labute approximate surface area is 101 Å². The van der Waals surface area contributed by atoms with Crippen LogP contribution in [0.5, 0.6) is 0 Å². The maximum absolute atomic E-state index is 10.6. The molecule has 17 heavy (non-hydrogen) atoms. The molecule has 0 spiro atoms. The zero-order valence-electron chi connectivity index (χ0n) is 10.5. The Bertz CT molecular complexity index is 351. The summed E-state index contributed by atoms with van der Waals surface area (Å²) in [6.45, 7) is 4.62. The van der Waals surface area contributed by atoms with E-state index in [1.54, 1.807) is 4.68 Å². The van der Waals surface area contributed by atoms with Gasteiger partial charge in [0.25, 0.3) is 0 Å². The van der Waals surface area contributed by atoms with Crippen molar-refractivity contribution in [2.24, 2.45) is 5.92 Å². The molecule has 0 amide bonds. The Morgan fingerprint density at radius 2 is 2.24 bits per heavy atom. The highest BCUT2D eigenvalue weighted by Crippen LogP contribution is 2.08. The summed E-state index contributed by atoms with van der Waals surface area (Å²) in [4.78, 5) is 10.6. The molecule has 6 heteroatoms. The fourth-order valence-corrected chi connectivity index (χ4v) is 1.74. The van der Waals surface area contributed by atoms with E-state index >= 15 is 0 Å². The smallest absolute Gasteiger partial charge is 0.303 e. The lowest BCUT2D eigenvalue weighted by Crippen LogP contribution is -2.15. The molecule has 1 aromatic rings. The molecule has 0 radical (unpaired) electrons. The number of tetrazole rings is 1. The number of carbonyl (C=O) groups is 1. The van der Waals surface area contributed by atoms with Crippen LogP contribution in [0.15, 0.2) is 0 Å². The average Bonchev–Trinajstić information content (AvgIpc) is 2.65. The first-order valence-electron chi connectivity index (χ1n) is 6.10. The minimum atomic E-state index is -0.780. The maximum Gasteiger partial charge on any atom is 0.303 e. The molecule has 0 bridgehead atoms. The van der Waals surface area contributed by atoms with Gasteiger partial charge in [-0.15, -0.1) is 5.10 Å². The zero-order chi connectivity index (χ0) is 12.7. The number of aromatic nitrogens is 4. The molecule has 96 valence electrons. The second-order valence-electron chi connectivity index (χ2n) is 4.44. The predicted octanol–water partition coefficient (Wildman–Crippen LogP) is 1.52. The quantitative estimate of drug-likeness (QED) is 0.697. The third-order valence-electron chi connectivity index (χ3n) is 2.62. The summed E-state index contributed by atoms with van der Waals surface area (Å²) in [6, 6.07) is 0. The van der Waals surface area contributed by atoms with Gasteiger partial charge >= 0.3 is 5.97 Å². The van der Waals surface area contributed by atoms with E-state index in [0.29, 0.717) is 6.54 Å². The molecular formula is C11H20N4O2. The molecule has 1 aromatic heterocycles. The van der Waals surface area contributed by atoms with Crippen LogP contribution in [-0.4, -0.2) is 31.3 Å². The average molecular weight is 240 g/mol. The highest BCUT2D eigenvalue weighted by atomic mass is 16.4. The number of nitrogens with zero attached hydrogens (tertiary/aromatic N) is 4. The summed E-state index contributed by atoms with van der Waals surface area (Å²) in [7, 11) is 0. The summed E-state index contributed by atoms with van der Waals surface area (Å²) < 4.78 is 1.73. The molecule has 1 N–H and O–H groups in total. The second-order valence-corrected chi connectivity index (χ2v) is 4.44. The van der Waals surface area contributed by atoms with Gasteiger partial charge in [-0.25, -0.2) is 4.68 Å². The third kappa shape index (κ3) is 4.93. The van der Waals surface area contributed by atoms with Gasteiger partial charge in [-0.05, 0) is 22.8 Å². The van der Waals surface area contributed by atoms with E-state index in [1.807, 2.05) is 6.92 Å². The number of aliphatic carboxylic acids is 1. The van der Waals surface area contributed by atoms with Crippen LogP contribution < -0.4 is 0 Å². The SMILES string of the molecule is CCCCCc1nnnn1CC(C)CC(=O)O. The van der Waals surface area contributed by atoms with Crippen molar-refractivity contribution in [1.29, 1.82) is 0 Å². The van der Waals surface area contributed by atoms with Crippen LogP contribution in [0.2, 0.25) is 0 Å². The van der Waals surface area contributed by atoms with E-state index in [4.69, 9.17) is 5.11 Å². The lowest BCUT2D eigenvalue weighted by atomic mass is 10.1. The van der Waals surface area contributed by atoms with E-state index < -0.39 is 5.97 Å². The summed E-state index contributed by atoms with van der Waals surface area (Å²) >= 11 is 0. The number of hydrogen-bond donors (Lipinski definition) is 1. The highest BCUT2D eigenvalue weighted by Gasteiger charge is 2.12. The summed E-state index contributed by atoms with van der Waals surface area (Å²) in [5.41, 5.74) is 0. The predicted molar refractivity (Wildman–Crippen MR) is 62.5 cm³/mol. The molecular weight excluding hydrogens is 220 g/mol. The van der Waals surface area contributed by atoms with Gasteiger partial charge in [-0.3, -0.25) is 4.79 Å². The first kappa shape index (κ1) is 13.6. The fraction of sp³-hybridized carbons (Fsp3) is 0.818. The van der Waals surface area contributed by atoms with Crippen LogP contribution >= 0.6 is 0 Å². The second kappa shape index (κ2) is 6.98. The number of carboxylic acid groups (broad SMARTS) is 1. The Morgan fingerprint density at radius 1 is 1.47 bits per heavy atom. The molecule has 0 aliphatic heterocycles.